The van der Waals surface area contributed by atoms with Gasteiger partial charge in [-0.3, -0.25) is 4.79 Å². The minimum Gasteiger partial charge on any atom is -0.355 e. The van der Waals surface area contributed by atoms with Crippen LogP contribution in [0, 0.1) is 12.8 Å². The maximum Gasteiger partial charge on any atom is 0.263 e. The summed E-state index contributed by atoms with van der Waals surface area (Å²) in [5.74, 6) is 0.770. The second kappa shape index (κ2) is 7.34. The van der Waals surface area contributed by atoms with Crippen molar-refractivity contribution in [3.63, 3.8) is 0 Å². The lowest BCUT2D eigenvalue weighted by atomic mass is 9.96. The fraction of sp³-hybridized carbons (Fsp3) is 0.400. The lowest BCUT2D eigenvalue weighted by Gasteiger charge is -2.33. The van der Waals surface area contributed by atoms with E-state index in [0.717, 1.165) is 54.0 Å². The first-order valence-corrected chi connectivity index (χ1v) is 9.38. The smallest absolute Gasteiger partial charge is 0.263 e. The third-order valence-electron chi connectivity index (χ3n) is 5.17. The molecule has 0 unspecified atom stereocenters. The van der Waals surface area contributed by atoms with Crippen molar-refractivity contribution in [2.45, 2.75) is 33.1 Å². The number of para-hydroxylation sites is 1. The highest BCUT2D eigenvalue weighted by Gasteiger charge is 2.28. The molecule has 4 rings (SSSR count). The van der Waals surface area contributed by atoms with Gasteiger partial charge >= 0.3 is 0 Å². The van der Waals surface area contributed by atoms with Crippen LogP contribution in [-0.4, -0.2) is 34.1 Å². The molecule has 27 heavy (non-hydrogen) atoms. The molecule has 1 atom stereocenters. The Kier molecular flexibility index (Phi) is 4.75. The summed E-state index contributed by atoms with van der Waals surface area (Å²) in [5, 5.41) is 7.94. The molecule has 1 aromatic carbocycles. The van der Waals surface area contributed by atoms with E-state index in [1.165, 1.54) is 6.33 Å². The molecule has 0 saturated carbocycles. The molecule has 0 bridgehead atoms. The fourth-order valence-corrected chi connectivity index (χ4v) is 3.71. The van der Waals surface area contributed by atoms with Crippen molar-refractivity contribution in [1.82, 2.24) is 15.1 Å². The van der Waals surface area contributed by atoms with Gasteiger partial charge in [0.1, 0.15) is 17.5 Å². The van der Waals surface area contributed by atoms with Crippen LogP contribution < -0.4 is 10.2 Å². The zero-order chi connectivity index (χ0) is 18.8. The minimum atomic E-state index is -0.0890. The Labute approximate surface area is 157 Å². The molecule has 1 amide bonds. The summed E-state index contributed by atoms with van der Waals surface area (Å²) in [4.78, 5) is 23.6. The van der Waals surface area contributed by atoms with Gasteiger partial charge in [0.2, 0.25) is 5.91 Å². The molecule has 3 aromatic rings. The average Bonchev–Trinajstić information content (AvgIpc) is 3.09. The van der Waals surface area contributed by atoms with E-state index in [9.17, 15) is 4.79 Å². The fourth-order valence-electron chi connectivity index (χ4n) is 3.71. The van der Waals surface area contributed by atoms with Crippen molar-refractivity contribution in [1.29, 1.82) is 0 Å². The first-order valence-electron chi connectivity index (χ1n) is 9.38. The summed E-state index contributed by atoms with van der Waals surface area (Å²) in [6, 6.07) is 7.97. The van der Waals surface area contributed by atoms with E-state index >= 15 is 0 Å². The Balaban J connectivity index is 1.54. The molecule has 2 aromatic heterocycles. The van der Waals surface area contributed by atoms with Crippen molar-refractivity contribution in [2.24, 2.45) is 5.92 Å². The molecule has 3 heterocycles. The summed E-state index contributed by atoms with van der Waals surface area (Å²) in [6.45, 7) is 5.45. The molecule has 0 spiro atoms. The molecule has 140 valence electrons. The summed E-state index contributed by atoms with van der Waals surface area (Å²) in [7, 11) is 0. The van der Waals surface area contributed by atoms with Crippen molar-refractivity contribution >= 4 is 28.5 Å². The number of nitrogens with one attached hydrogen (secondary N) is 1. The van der Waals surface area contributed by atoms with Crippen molar-refractivity contribution in [2.75, 3.05) is 23.3 Å². The Morgan fingerprint density at radius 1 is 1.33 bits per heavy atom. The summed E-state index contributed by atoms with van der Waals surface area (Å²) >= 11 is 0. The predicted octanol–water partition coefficient (Wildman–Crippen LogP) is 3.34. The van der Waals surface area contributed by atoms with E-state index in [1.54, 1.807) is 0 Å². The molecular formula is C20H23N5O2. The first kappa shape index (κ1) is 17.5. The Hall–Kier alpha value is -2.96. The van der Waals surface area contributed by atoms with E-state index in [4.69, 9.17) is 4.52 Å². The third kappa shape index (κ3) is 3.37. The highest BCUT2D eigenvalue weighted by atomic mass is 16.5. The van der Waals surface area contributed by atoms with Crippen LogP contribution in [0.15, 0.2) is 35.1 Å². The third-order valence-corrected chi connectivity index (χ3v) is 5.17. The van der Waals surface area contributed by atoms with Gasteiger partial charge in [-0.2, -0.15) is 4.98 Å². The number of aryl methyl sites for hydroxylation is 2. The van der Waals surface area contributed by atoms with Crippen LogP contribution in [0.4, 0.5) is 11.5 Å². The summed E-state index contributed by atoms with van der Waals surface area (Å²) in [5.41, 5.74) is 3.31. The van der Waals surface area contributed by atoms with Crippen LogP contribution in [0.5, 0.6) is 0 Å². The van der Waals surface area contributed by atoms with E-state index in [2.05, 4.69) is 38.3 Å². The van der Waals surface area contributed by atoms with Gasteiger partial charge < -0.3 is 14.7 Å². The highest BCUT2D eigenvalue weighted by molar-refractivity contribution is 5.94. The predicted molar refractivity (Wildman–Crippen MR) is 104 cm³/mol. The van der Waals surface area contributed by atoms with Gasteiger partial charge in [0.15, 0.2) is 0 Å². The summed E-state index contributed by atoms with van der Waals surface area (Å²) in [6.07, 6.45) is 4.18. The molecule has 1 aliphatic heterocycles. The number of piperidine rings is 1. The number of fused-ring (bicyclic) bond motifs is 1. The van der Waals surface area contributed by atoms with Crippen molar-refractivity contribution in [3.8, 4) is 0 Å². The molecule has 1 N–H and O–H groups in total. The van der Waals surface area contributed by atoms with Gasteiger partial charge in [-0.15, -0.1) is 0 Å². The molecule has 1 fully saturated rings. The monoisotopic (exact) mass is 365 g/mol. The number of aromatic nitrogens is 3. The van der Waals surface area contributed by atoms with Gasteiger partial charge in [0.25, 0.3) is 5.71 Å². The zero-order valence-electron chi connectivity index (χ0n) is 15.6. The molecular weight excluding hydrogens is 342 g/mol. The second-order valence-corrected chi connectivity index (χ2v) is 6.93. The SMILES string of the molecule is CCc1ccccc1NC(=O)[C@H]1CCCN(c2ncnc3onc(C)c23)C1. The number of carbonyl (C=O) groups excluding carboxylic acids is 1. The largest absolute Gasteiger partial charge is 0.355 e. The van der Waals surface area contributed by atoms with E-state index in [1.807, 2.05) is 25.1 Å². The number of amides is 1. The van der Waals surface area contributed by atoms with Crippen LogP contribution in [-0.2, 0) is 11.2 Å². The van der Waals surface area contributed by atoms with Gasteiger partial charge in [0, 0.05) is 18.8 Å². The number of hydrogen-bond donors (Lipinski definition) is 1. The van der Waals surface area contributed by atoms with E-state index in [0.29, 0.717) is 12.3 Å². The normalized spacial score (nSPS) is 17.3. The topological polar surface area (TPSA) is 84.2 Å². The van der Waals surface area contributed by atoms with Gasteiger partial charge in [-0.25, -0.2) is 4.98 Å². The number of carbonyl (C=O) groups is 1. The Bertz CT molecular complexity index is 968. The highest BCUT2D eigenvalue weighted by Crippen LogP contribution is 2.30. The van der Waals surface area contributed by atoms with Gasteiger partial charge in [-0.05, 0) is 37.8 Å². The lowest BCUT2D eigenvalue weighted by molar-refractivity contribution is -0.120. The zero-order valence-corrected chi connectivity index (χ0v) is 15.6. The average molecular weight is 365 g/mol. The van der Waals surface area contributed by atoms with Gasteiger partial charge in [-0.1, -0.05) is 30.3 Å². The van der Waals surface area contributed by atoms with Crippen LogP contribution in [0.2, 0.25) is 0 Å². The van der Waals surface area contributed by atoms with Crippen LogP contribution in [0.1, 0.15) is 31.0 Å². The minimum absolute atomic E-state index is 0.0629. The molecule has 7 nitrogen and oxygen atoms in total. The van der Waals surface area contributed by atoms with Crippen molar-refractivity contribution < 1.29 is 9.32 Å². The quantitative estimate of drug-likeness (QED) is 0.763. The Morgan fingerprint density at radius 3 is 3.04 bits per heavy atom. The number of anilines is 2. The maximum absolute atomic E-state index is 12.9. The van der Waals surface area contributed by atoms with Crippen LogP contribution >= 0.6 is 0 Å². The molecule has 1 saturated heterocycles. The number of nitrogens with zero attached hydrogens (tertiary/aromatic N) is 4. The molecule has 0 radical (unpaired) electrons. The number of rotatable bonds is 4. The standard InChI is InChI=1S/C20H23N5O2/c1-3-14-7-4-5-9-16(14)23-19(26)15-8-6-10-25(11-15)18-17-13(2)24-27-20(17)22-12-21-18/h4-5,7,9,12,15H,3,6,8,10-11H2,1-2H3,(H,23,26)/t15-/m0/s1. The lowest BCUT2D eigenvalue weighted by Crippen LogP contribution is -2.41. The summed E-state index contributed by atoms with van der Waals surface area (Å²) < 4.78 is 5.25. The second-order valence-electron chi connectivity index (χ2n) is 6.93. The first-order chi connectivity index (χ1) is 13.2. The molecule has 1 aliphatic rings. The molecule has 7 heteroatoms. The molecule has 0 aliphatic carbocycles. The van der Waals surface area contributed by atoms with E-state index in [-0.39, 0.29) is 11.8 Å². The van der Waals surface area contributed by atoms with E-state index < -0.39 is 0 Å². The van der Waals surface area contributed by atoms with Crippen molar-refractivity contribution in [3.05, 3.63) is 41.9 Å². The van der Waals surface area contributed by atoms with Crippen LogP contribution in [0.25, 0.3) is 11.1 Å². The number of benzene rings is 1. The van der Waals surface area contributed by atoms with Crippen LogP contribution in [0.3, 0.4) is 0 Å². The Morgan fingerprint density at radius 2 is 2.19 bits per heavy atom. The number of hydrogen-bond acceptors (Lipinski definition) is 6. The van der Waals surface area contributed by atoms with Gasteiger partial charge in [0.05, 0.1) is 11.6 Å². The maximum atomic E-state index is 12.9.